The lowest BCUT2D eigenvalue weighted by atomic mass is 10.0. The van der Waals surface area contributed by atoms with Gasteiger partial charge in [-0.1, -0.05) is 60.7 Å². The first-order valence-corrected chi connectivity index (χ1v) is 9.41. The van der Waals surface area contributed by atoms with Crippen molar-refractivity contribution in [2.75, 3.05) is 13.2 Å². The number of aromatic nitrogens is 1. The van der Waals surface area contributed by atoms with Crippen molar-refractivity contribution in [3.8, 4) is 5.88 Å². The van der Waals surface area contributed by atoms with Gasteiger partial charge in [0.05, 0.1) is 12.3 Å². The van der Waals surface area contributed by atoms with E-state index in [0.717, 1.165) is 11.1 Å². The van der Waals surface area contributed by atoms with Crippen molar-refractivity contribution in [3.05, 3.63) is 95.7 Å². The van der Waals surface area contributed by atoms with Gasteiger partial charge < -0.3 is 9.47 Å². The molecule has 0 saturated heterocycles. The van der Waals surface area contributed by atoms with Gasteiger partial charge >= 0.3 is 5.97 Å². The molecule has 2 aromatic carbocycles. The number of carbonyl (C=O) groups excluding carboxylic acids is 2. The van der Waals surface area contributed by atoms with E-state index < -0.39 is 18.5 Å². The largest absolute Gasteiger partial charge is 0.477 e. The van der Waals surface area contributed by atoms with Gasteiger partial charge in [-0.15, -0.1) is 0 Å². The average molecular weight is 403 g/mol. The molecule has 1 amide bonds. The summed E-state index contributed by atoms with van der Waals surface area (Å²) in [5.74, 6) is -1.09. The Morgan fingerprint density at radius 1 is 0.933 bits per heavy atom. The maximum atomic E-state index is 12.3. The lowest BCUT2D eigenvalue weighted by molar-refractivity contribution is -0.124. The second-order valence-electron chi connectivity index (χ2n) is 6.09. The molecule has 0 aliphatic rings. The summed E-state index contributed by atoms with van der Waals surface area (Å²) in [5.41, 5.74) is 4.90. The summed E-state index contributed by atoms with van der Waals surface area (Å²) < 4.78 is 10.4. The Bertz CT molecular complexity index is 979. The van der Waals surface area contributed by atoms with Crippen LogP contribution in [-0.4, -0.2) is 35.8 Å². The first kappa shape index (κ1) is 20.7. The number of nitrogens with one attached hydrogen (secondary N) is 1. The molecule has 7 heteroatoms. The third kappa shape index (κ3) is 5.51. The summed E-state index contributed by atoms with van der Waals surface area (Å²) in [7, 11) is 0. The molecule has 30 heavy (non-hydrogen) atoms. The predicted molar refractivity (Wildman–Crippen MR) is 112 cm³/mol. The fourth-order valence-electron chi connectivity index (χ4n) is 2.65. The highest BCUT2D eigenvalue weighted by Crippen LogP contribution is 2.15. The SMILES string of the molecule is CCOc1ncccc1C(=O)OCC(=O)NN=C(c1ccccc1)c1ccccc1. The van der Waals surface area contributed by atoms with E-state index in [0.29, 0.717) is 12.3 Å². The highest BCUT2D eigenvalue weighted by molar-refractivity contribution is 6.13. The van der Waals surface area contributed by atoms with Crippen LogP contribution in [0.5, 0.6) is 5.88 Å². The number of pyridine rings is 1. The van der Waals surface area contributed by atoms with E-state index >= 15 is 0 Å². The summed E-state index contributed by atoms with van der Waals surface area (Å²) in [6, 6.07) is 22.1. The van der Waals surface area contributed by atoms with Crippen LogP contribution >= 0.6 is 0 Å². The van der Waals surface area contributed by atoms with E-state index in [4.69, 9.17) is 9.47 Å². The number of esters is 1. The molecule has 7 nitrogen and oxygen atoms in total. The molecule has 152 valence electrons. The van der Waals surface area contributed by atoms with E-state index in [1.165, 1.54) is 12.3 Å². The second kappa shape index (κ2) is 10.5. The Morgan fingerprint density at radius 3 is 2.17 bits per heavy atom. The summed E-state index contributed by atoms with van der Waals surface area (Å²) in [4.78, 5) is 28.5. The van der Waals surface area contributed by atoms with Crippen LogP contribution < -0.4 is 10.2 Å². The van der Waals surface area contributed by atoms with Crippen LogP contribution in [0.3, 0.4) is 0 Å². The average Bonchev–Trinajstić information content (AvgIpc) is 2.79. The molecule has 0 aliphatic carbocycles. The van der Waals surface area contributed by atoms with Crippen molar-refractivity contribution < 1.29 is 19.1 Å². The van der Waals surface area contributed by atoms with Crippen LogP contribution in [0.15, 0.2) is 84.1 Å². The van der Waals surface area contributed by atoms with E-state index in [2.05, 4.69) is 15.5 Å². The minimum atomic E-state index is -0.697. The quantitative estimate of drug-likeness (QED) is 0.354. The number of nitrogens with zero attached hydrogens (tertiary/aromatic N) is 2. The zero-order chi connectivity index (χ0) is 21.2. The molecule has 1 aromatic heterocycles. The molecule has 3 rings (SSSR count). The van der Waals surface area contributed by atoms with Crippen LogP contribution in [0, 0.1) is 0 Å². The number of carbonyl (C=O) groups is 2. The van der Waals surface area contributed by atoms with Gasteiger partial charge in [0, 0.05) is 17.3 Å². The minimum absolute atomic E-state index is 0.157. The number of hydrogen-bond donors (Lipinski definition) is 1. The Kier molecular flexibility index (Phi) is 7.27. The smallest absolute Gasteiger partial charge is 0.344 e. The molecule has 0 atom stereocenters. The summed E-state index contributed by atoms with van der Waals surface area (Å²) >= 11 is 0. The van der Waals surface area contributed by atoms with Gasteiger partial charge in [0.15, 0.2) is 6.61 Å². The second-order valence-corrected chi connectivity index (χ2v) is 6.09. The number of amides is 1. The van der Waals surface area contributed by atoms with Crippen molar-refractivity contribution >= 4 is 17.6 Å². The number of ether oxygens (including phenoxy) is 2. The summed E-state index contributed by atoms with van der Waals surface area (Å²) in [6.07, 6.45) is 1.51. The van der Waals surface area contributed by atoms with Gasteiger partial charge in [-0.2, -0.15) is 5.10 Å². The molecule has 0 spiro atoms. The molecule has 0 bridgehead atoms. The molecule has 0 unspecified atom stereocenters. The summed E-state index contributed by atoms with van der Waals surface area (Å²) in [5, 5.41) is 4.25. The van der Waals surface area contributed by atoms with Gasteiger partial charge in [-0.05, 0) is 19.1 Å². The summed E-state index contributed by atoms with van der Waals surface area (Å²) in [6.45, 7) is 1.65. The molecule has 0 saturated carbocycles. The lowest BCUT2D eigenvalue weighted by Gasteiger charge is -2.09. The number of benzene rings is 2. The van der Waals surface area contributed by atoms with Crippen molar-refractivity contribution in [2.45, 2.75) is 6.92 Å². The van der Waals surface area contributed by atoms with Gasteiger partial charge in [-0.25, -0.2) is 15.2 Å². The predicted octanol–water partition coefficient (Wildman–Crippen LogP) is 3.21. The molecule has 0 fully saturated rings. The van der Waals surface area contributed by atoms with Gasteiger partial charge in [0.1, 0.15) is 5.56 Å². The van der Waals surface area contributed by atoms with Crippen LogP contribution in [0.2, 0.25) is 0 Å². The third-order valence-electron chi connectivity index (χ3n) is 3.99. The van der Waals surface area contributed by atoms with Gasteiger partial charge in [-0.3, -0.25) is 4.79 Å². The number of hydrazone groups is 1. The van der Waals surface area contributed by atoms with Crippen LogP contribution in [-0.2, 0) is 9.53 Å². The van der Waals surface area contributed by atoms with Crippen molar-refractivity contribution in [2.24, 2.45) is 5.10 Å². The highest BCUT2D eigenvalue weighted by Gasteiger charge is 2.16. The molecular formula is C23H21N3O4. The maximum Gasteiger partial charge on any atom is 0.344 e. The molecule has 3 aromatic rings. The number of rotatable bonds is 8. The van der Waals surface area contributed by atoms with Crippen molar-refractivity contribution in [1.29, 1.82) is 0 Å². The van der Waals surface area contributed by atoms with Crippen molar-refractivity contribution in [3.63, 3.8) is 0 Å². The fraction of sp³-hybridized carbons (Fsp3) is 0.130. The van der Waals surface area contributed by atoms with E-state index in [9.17, 15) is 9.59 Å². The Hall–Kier alpha value is -4.00. The zero-order valence-corrected chi connectivity index (χ0v) is 16.4. The Labute approximate surface area is 174 Å². The monoisotopic (exact) mass is 403 g/mol. The molecular weight excluding hydrogens is 382 g/mol. The van der Waals surface area contributed by atoms with Crippen LogP contribution in [0.4, 0.5) is 0 Å². The maximum absolute atomic E-state index is 12.3. The number of hydrogen-bond acceptors (Lipinski definition) is 6. The van der Waals surface area contributed by atoms with Gasteiger partial charge in [0.25, 0.3) is 5.91 Å². The molecule has 0 aliphatic heterocycles. The molecule has 1 heterocycles. The van der Waals surface area contributed by atoms with Crippen molar-refractivity contribution in [1.82, 2.24) is 10.4 Å². The Morgan fingerprint density at radius 2 is 1.57 bits per heavy atom. The zero-order valence-electron chi connectivity index (χ0n) is 16.4. The molecule has 0 radical (unpaired) electrons. The topological polar surface area (TPSA) is 89.9 Å². The fourth-order valence-corrected chi connectivity index (χ4v) is 2.65. The standard InChI is InChI=1S/C23H21N3O4/c1-2-29-22-19(14-9-15-24-22)23(28)30-16-20(27)25-26-21(17-10-5-3-6-11-17)18-12-7-4-8-13-18/h3-15H,2,16H2,1H3,(H,25,27). The molecule has 1 N–H and O–H groups in total. The first-order valence-electron chi connectivity index (χ1n) is 9.41. The van der Waals surface area contributed by atoms with E-state index in [-0.39, 0.29) is 11.4 Å². The first-order chi connectivity index (χ1) is 14.7. The minimum Gasteiger partial charge on any atom is -0.477 e. The van der Waals surface area contributed by atoms with E-state index in [1.807, 2.05) is 60.7 Å². The van der Waals surface area contributed by atoms with Crippen LogP contribution in [0.1, 0.15) is 28.4 Å². The van der Waals surface area contributed by atoms with Crippen LogP contribution in [0.25, 0.3) is 0 Å². The lowest BCUT2D eigenvalue weighted by Crippen LogP contribution is -2.26. The normalized spacial score (nSPS) is 10.0. The Balaban J connectivity index is 1.67. The highest BCUT2D eigenvalue weighted by atomic mass is 16.5. The van der Waals surface area contributed by atoms with Gasteiger partial charge in [0.2, 0.25) is 5.88 Å². The third-order valence-corrected chi connectivity index (χ3v) is 3.99. The van der Waals surface area contributed by atoms with E-state index in [1.54, 1.807) is 13.0 Å².